The van der Waals surface area contributed by atoms with Crippen molar-refractivity contribution >= 4 is 11.8 Å². The summed E-state index contributed by atoms with van der Waals surface area (Å²) in [6, 6.07) is 6.27. The molecular weight excluding hydrogens is 321 g/mol. The molecule has 1 aliphatic carbocycles. The Hall–Kier alpha value is -2.43. The lowest BCUT2D eigenvalue weighted by molar-refractivity contribution is 0.0518. The summed E-state index contributed by atoms with van der Waals surface area (Å²) in [7, 11) is 0. The van der Waals surface area contributed by atoms with Crippen molar-refractivity contribution < 1.29 is 18.7 Å². The summed E-state index contributed by atoms with van der Waals surface area (Å²) in [5.41, 5.74) is 3.56. The van der Waals surface area contributed by atoms with Gasteiger partial charge in [0.1, 0.15) is 11.5 Å². The van der Waals surface area contributed by atoms with E-state index in [9.17, 15) is 14.0 Å². The molecule has 2 aromatic rings. The molecule has 0 bridgehead atoms. The molecular formula is C20H22FNO3. The zero-order chi connectivity index (χ0) is 18.0. The third-order valence-electron chi connectivity index (χ3n) is 4.66. The molecule has 1 aromatic heterocycles. The summed E-state index contributed by atoms with van der Waals surface area (Å²) in [5.74, 6) is -0.678. The van der Waals surface area contributed by atoms with E-state index in [4.69, 9.17) is 4.74 Å². The smallest absolute Gasteiger partial charge is 0.355 e. The van der Waals surface area contributed by atoms with Gasteiger partial charge in [-0.2, -0.15) is 0 Å². The number of hydrogen-bond donors (Lipinski definition) is 1. The van der Waals surface area contributed by atoms with E-state index < -0.39 is 5.97 Å². The maximum Gasteiger partial charge on any atom is 0.355 e. The highest BCUT2D eigenvalue weighted by molar-refractivity contribution is 6.03. The van der Waals surface area contributed by atoms with E-state index in [2.05, 4.69) is 4.98 Å². The van der Waals surface area contributed by atoms with Crippen LogP contribution in [0, 0.1) is 5.82 Å². The number of Topliss-reactive ketones (excluding diaryl/α,β-unsaturated/α-hetero) is 1. The van der Waals surface area contributed by atoms with Gasteiger partial charge in [-0.25, -0.2) is 9.18 Å². The third-order valence-corrected chi connectivity index (χ3v) is 4.66. The van der Waals surface area contributed by atoms with E-state index in [1.165, 1.54) is 12.1 Å². The molecule has 132 valence electrons. The number of hydrogen-bond acceptors (Lipinski definition) is 3. The Labute approximate surface area is 146 Å². The number of aromatic amines is 1. The molecule has 1 aromatic carbocycles. The van der Waals surface area contributed by atoms with Gasteiger partial charge in [0.2, 0.25) is 0 Å². The highest BCUT2D eigenvalue weighted by Gasteiger charge is 2.33. The zero-order valence-corrected chi connectivity index (χ0v) is 14.5. The molecule has 25 heavy (non-hydrogen) atoms. The van der Waals surface area contributed by atoms with Gasteiger partial charge < -0.3 is 9.72 Å². The van der Waals surface area contributed by atoms with Crippen molar-refractivity contribution in [2.75, 3.05) is 6.61 Å². The largest absolute Gasteiger partial charge is 0.461 e. The molecule has 4 nitrogen and oxygen atoms in total. The average molecular weight is 343 g/mol. The Morgan fingerprint density at radius 1 is 1.24 bits per heavy atom. The van der Waals surface area contributed by atoms with Crippen molar-refractivity contribution in [3.05, 3.63) is 58.2 Å². The second-order valence-electron chi connectivity index (χ2n) is 6.38. The third kappa shape index (κ3) is 3.36. The number of ether oxygens (including phenoxy) is 1. The van der Waals surface area contributed by atoms with Gasteiger partial charge in [-0.3, -0.25) is 4.79 Å². The minimum absolute atomic E-state index is 0.0104. The maximum atomic E-state index is 13.1. The molecule has 0 aliphatic heterocycles. The Bertz CT molecular complexity index is 792. The second kappa shape index (κ2) is 7.21. The number of nitrogens with one attached hydrogen (secondary N) is 1. The van der Waals surface area contributed by atoms with E-state index in [1.54, 1.807) is 19.1 Å². The molecule has 1 heterocycles. The number of carbonyl (C=O) groups is 2. The van der Waals surface area contributed by atoms with Gasteiger partial charge >= 0.3 is 5.97 Å². The highest BCUT2D eigenvalue weighted by Crippen LogP contribution is 2.36. The Balaban J connectivity index is 1.98. The van der Waals surface area contributed by atoms with Crippen LogP contribution in [-0.4, -0.2) is 23.3 Å². The number of carbonyl (C=O) groups excluding carboxylic acids is 2. The summed E-state index contributed by atoms with van der Waals surface area (Å²) >= 11 is 0. The molecule has 1 atom stereocenters. The van der Waals surface area contributed by atoms with E-state index in [1.807, 2.05) is 6.92 Å². The fraction of sp³-hybridized carbons (Fsp3) is 0.400. The number of H-pyrrole nitrogens is 1. The first kappa shape index (κ1) is 17.4. The lowest BCUT2D eigenvalue weighted by Crippen LogP contribution is -2.19. The van der Waals surface area contributed by atoms with Crippen LogP contribution in [0.4, 0.5) is 4.39 Å². The molecule has 5 heteroatoms. The predicted molar refractivity (Wildman–Crippen MR) is 92.5 cm³/mol. The number of benzene rings is 1. The molecule has 1 unspecified atom stereocenters. The van der Waals surface area contributed by atoms with Crippen molar-refractivity contribution in [1.29, 1.82) is 0 Å². The first-order chi connectivity index (χ1) is 12.0. The van der Waals surface area contributed by atoms with Crippen LogP contribution in [0.3, 0.4) is 0 Å². The van der Waals surface area contributed by atoms with Crippen LogP contribution in [0.5, 0.6) is 0 Å². The lowest BCUT2D eigenvalue weighted by atomic mass is 9.81. The second-order valence-corrected chi connectivity index (χ2v) is 6.38. The standard InChI is InChI=1S/C20H22FNO3/c1-3-5-15-18-16(22-19(15)20(24)25-4-2)10-13(11-17(18)23)12-6-8-14(21)9-7-12/h6-9,13,22H,3-5,10-11H2,1-2H3. The van der Waals surface area contributed by atoms with E-state index in [0.29, 0.717) is 37.1 Å². The summed E-state index contributed by atoms with van der Waals surface area (Å²) in [6.45, 7) is 4.07. The van der Waals surface area contributed by atoms with Gasteiger partial charge in [-0.1, -0.05) is 25.5 Å². The summed E-state index contributed by atoms with van der Waals surface area (Å²) < 4.78 is 18.3. The number of halogens is 1. The van der Waals surface area contributed by atoms with Crippen LogP contribution in [0.25, 0.3) is 0 Å². The maximum absolute atomic E-state index is 13.1. The molecule has 0 fully saturated rings. The Morgan fingerprint density at radius 2 is 1.96 bits per heavy atom. The number of ketones is 1. The van der Waals surface area contributed by atoms with Crippen LogP contribution in [-0.2, 0) is 17.6 Å². The van der Waals surface area contributed by atoms with Crippen LogP contribution in [0.15, 0.2) is 24.3 Å². The van der Waals surface area contributed by atoms with E-state index in [0.717, 1.165) is 23.2 Å². The number of rotatable bonds is 5. The first-order valence-electron chi connectivity index (χ1n) is 8.74. The fourth-order valence-corrected chi connectivity index (χ4v) is 3.58. The molecule has 1 aliphatic rings. The first-order valence-corrected chi connectivity index (χ1v) is 8.74. The number of aromatic nitrogens is 1. The number of esters is 1. The minimum Gasteiger partial charge on any atom is -0.461 e. The molecule has 0 saturated carbocycles. The van der Waals surface area contributed by atoms with Crippen molar-refractivity contribution in [2.45, 2.75) is 45.4 Å². The summed E-state index contributed by atoms with van der Waals surface area (Å²) in [5, 5.41) is 0. The van der Waals surface area contributed by atoms with Gasteiger partial charge in [-0.15, -0.1) is 0 Å². The molecule has 3 rings (SSSR count). The van der Waals surface area contributed by atoms with Gasteiger partial charge in [0.05, 0.1) is 6.61 Å². The Morgan fingerprint density at radius 3 is 2.60 bits per heavy atom. The monoisotopic (exact) mass is 343 g/mol. The topological polar surface area (TPSA) is 59.2 Å². The molecule has 0 radical (unpaired) electrons. The molecule has 0 spiro atoms. The zero-order valence-electron chi connectivity index (χ0n) is 14.5. The molecule has 1 N–H and O–H groups in total. The van der Waals surface area contributed by atoms with Crippen molar-refractivity contribution in [1.82, 2.24) is 4.98 Å². The van der Waals surface area contributed by atoms with Crippen LogP contribution in [0.2, 0.25) is 0 Å². The fourth-order valence-electron chi connectivity index (χ4n) is 3.58. The Kier molecular flexibility index (Phi) is 5.02. The van der Waals surface area contributed by atoms with Crippen LogP contribution >= 0.6 is 0 Å². The van der Waals surface area contributed by atoms with E-state index >= 15 is 0 Å². The van der Waals surface area contributed by atoms with E-state index in [-0.39, 0.29) is 17.5 Å². The highest BCUT2D eigenvalue weighted by atomic mass is 19.1. The summed E-state index contributed by atoms with van der Waals surface area (Å²) in [4.78, 5) is 28.2. The quantitative estimate of drug-likeness (QED) is 0.828. The number of fused-ring (bicyclic) bond motifs is 1. The molecule has 0 amide bonds. The lowest BCUT2D eigenvalue weighted by Gasteiger charge is -2.22. The normalized spacial score (nSPS) is 16.6. The van der Waals surface area contributed by atoms with Gasteiger partial charge in [0.25, 0.3) is 0 Å². The van der Waals surface area contributed by atoms with Crippen LogP contribution < -0.4 is 0 Å². The van der Waals surface area contributed by atoms with Crippen LogP contribution in [0.1, 0.15) is 70.3 Å². The average Bonchev–Trinajstić information content (AvgIpc) is 2.95. The van der Waals surface area contributed by atoms with Gasteiger partial charge in [0.15, 0.2) is 5.78 Å². The van der Waals surface area contributed by atoms with Crippen molar-refractivity contribution in [3.8, 4) is 0 Å². The van der Waals surface area contributed by atoms with Gasteiger partial charge in [-0.05, 0) is 48.9 Å². The minimum atomic E-state index is -0.411. The van der Waals surface area contributed by atoms with Crippen molar-refractivity contribution in [2.24, 2.45) is 0 Å². The summed E-state index contributed by atoms with van der Waals surface area (Å²) in [6.07, 6.45) is 2.50. The van der Waals surface area contributed by atoms with Gasteiger partial charge in [0, 0.05) is 17.7 Å². The predicted octanol–water partition coefficient (Wildman–Crippen LogP) is 4.20. The SMILES string of the molecule is CCCc1c(C(=O)OCC)[nH]c2c1C(=O)CC(c1ccc(F)cc1)C2. The molecule has 0 saturated heterocycles. The van der Waals surface area contributed by atoms with Crippen molar-refractivity contribution in [3.63, 3.8) is 0 Å².